The van der Waals surface area contributed by atoms with Crippen molar-refractivity contribution in [2.45, 2.75) is 49.4 Å². The highest BCUT2D eigenvalue weighted by Crippen LogP contribution is 2.64. The van der Waals surface area contributed by atoms with Crippen LogP contribution in [0.15, 0.2) is 206 Å². The van der Waals surface area contributed by atoms with E-state index < -0.39 is 5.41 Å². The highest BCUT2D eigenvalue weighted by molar-refractivity contribution is 6.05. The molecule has 8 aromatic carbocycles. The third-order valence-electron chi connectivity index (χ3n) is 15.4. The molecule has 0 N–H and O–H groups in total. The molecule has 296 valence electrons. The van der Waals surface area contributed by atoms with Gasteiger partial charge in [0.2, 0.25) is 0 Å². The Morgan fingerprint density at radius 2 is 0.919 bits per heavy atom. The van der Waals surface area contributed by atoms with Gasteiger partial charge in [0.25, 0.3) is 0 Å². The molecule has 0 saturated heterocycles. The van der Waals surface area contributed by atoms with Crippen LogP contribution in [0.25, 0.3) is 44.5 Å². The lowest BCUT2D eigenvalue weighted by Gasteiger charge is -2.41. The Kier molecular flexibility index (Phi) is 7.95. The second-order valence-corrected chi connectivity index (χ2v) is 18.2. The van der Waals surface area contributed by atoms with Crippen molar-refractivity contribution in [1.82, 2.24) is 0 Å². The minimum Gasteiger partial charge on any atom is -0.310 e. The molecular formula is C61H47N. The van der Waals surface area contributed by atoms with Crippen LogP contribution >= 0.6 is 0 Å². The zero-order chi connectivity index (χ0) is 40.8. The SMILES string of the molecule is C1=CC(c2ccccc2N(c2ccc(-c3ccccc3)cc2)c2ccc3c(c2)C2(c4ccccc4-c4ccccc42)c2ccccc2-3)=C2c3ccccc3C3(CCCCC3)C2C1. The summed E-state index contributed by atoms with van der Waals surface area (Å²) in [4.78, 5) is 2.55. The molecule has 2 spiro atoms. The fraction of sp³-hybridized carbons (Fsp3) is 0.148. The molecule has 0 amide bonds. The van der Waals surface area contributed by atoms with Crippen molar-refractivity contribution in [3.63, 3.8) is 0 Å². The third kappa shape index (κ3) is 4.91. The quantitative estimate of drug-likeness (QED) is 0.168. The molecule has 1 unspecified atom stereocenters. The molecule has 0 aliphatic heterocycles. The number of benzene rings is 8. The molecule has 8 aromatic rings. The molecule has 0 radical (unpaired) electrons. The smallest absolute Gasteiger partial charge is 0.0726 e. The highest BCUT2D eigenvalue weighted by atomic mass is 15.1. The van der Waals surface area contributed by atoms with Crippen LogP contribution in [0.5, 0.6) is 0 Å². The van der Waals surface area contributed by atoms with Crippen molar-refractivity contribution in [1.29, 1.82) is 0 Å². The van der Waals surface area contributed by atoms with E-state index in [1.54, 1.807) is 11.1 Å². The molecule has 1 heteroatoms. The van der Waals surface area contributed by atoms with E-state index in [2.05, 4.69) is 211 Å². The molecule has 0 aromatic heterocycles. The molecule has 0 bridgehead atoms. The molecule has 5 aliphatic rings. The molecule has 0 heterocycles. The van der Waals surface area contributed by atoms with Gasteiger partial charge < -0.3 is 4.90 Å². The van der Waals surface area contributed by atoms with Crippen LogP contribution in [0.2, 0.25) is 0 Å². The van der Waals surface area contributed by atoms with E-state index >= 15 is 0 Å². The summed E-state index contributed by atoms with van der Waals surface area (Å²) in [6, 6.07) is 73.4. The van der Waals surface area contributed by atoms with Crippen molar-refractivity contribution >= 4 is 28.2 Å². The summed E-state index contributed by atoms with van der Waals surface area (Å²) >= 11 is 0. The van der Waals surface area contributed by atoms with Gasteiger partial charge in [-0.2, -0.15) is 0 Å². The third-order valence-corrected chi connectivity index (χ3v) is 15.4. The Morgan fingerprint density at radius 1 is 0.403 bits per heavy atom. The average Bonchev–Trinajstić information content (AvgIpc) is 3.92. The molecule has 1 atom stereocenters. The Labute approximate surface area is 365 Å². The predicted octanol–water partition coefficient (Wildman–Crippen LogP) is 15.9. The Balaban J connectivity index is 1.05. The number of allylic oxidation sites excluding steroid dienone is 4. The first kappa shape index (κ1) is 35.8. The first-order valence-electron chi connectivity index (χ1n) is 22.8. The van der Waals surface area contributed by atoms with E-state index in [-0.39, 0.29) is 5.41 Å². The number of hydrogen-bond acceptors (Lipinski definition) is 1. The first-order chi connectivity index (χ1) is 30.8. The number of nitrogens with zero attached hydrogens (tertiary/aromatic N) is 1. The topological polar surface area (TPSA) is 3.24 Å². The summed E-state index contributed by atoms with van der Waals surface area (Å²) in [5.74, 6) is 0.493. The van der Waals surface area contributed by atoms with Gasteiger partial charge in [-0.1, -0.05) is 195 Å². The predicted molar refractivity (Wildman–Crippen MR) is 258 cm³/mol. The summed E-state index contributed by atoms with van der Waals surface area (Å²) in [6.45, 7) is 0. The number of fused-ring (bicyclic) bond motifs is 15. The van der Waals surface area contributed by atoms with Gasteiger partial charge in [-0.3, -0.25) is 0 Å². The van der Waals surface area contributed by atoms with Crippen molar-refractivity contribution < 1.29 is 0 Å². The maximum atomic E-state index is 2.55. The molecule has 1 nitrogen and oxygen atoms in total. The van der Waals surface area contributed by atoms with E-state index in [0.29, 0.717) is 5.92 Å². The van der Waals surface area contributed by atoms with E-state index in [0.717, 1.165) is 17.8 Å². The highest BCUT2D eigenvalue weighted by Gasteiger charge is 2.52. The van der Waals surface area contributed by atoms with Crippen molar-refractivity contribution in [2.24, 2.45) is 5.92 Å². The Hall–Kier alpha value is -6.96. The number of para-hydroxylation sites is 1. The fourth-order valence-electron chi connectivity index (χ4n) is 12.9. The van der Waals surface area contributed by atoms with Gasteiger partial charge in [0.1, 0.15) is 0 Å². The second-order valence-electron chi connectivity index (χ2n) is 18.2. The minimum absolute atomic E-state index is 0.221. The molecular weight excluding hydrogens is 747 g/mol. The van der Waals surface area contributed by atoms with Crippen molar-refractivity contribution in [2.75, 3.05) is 4.90 Å². The lowest BCUT2D eigenvalue weighted by atomic mass is 9.63. The van der Waals surface area contributed by atoms with Gasteiger partial charge in [-0.15, -0.1) is 0 Å². The van der Waals surface area contributed by atoms with Gasteiger partial charge in [0.05, 0.1) is 11.1 Å². The van der Waals surface area contributed by atoms with E-state index in [4.69, 9.17) is 0 Å². The van der Waals surface area contributed by atoms with Gasteiger partial charge in [0.15, 0.2) is 0 Å². The van der Waals surface area contributed by atoms with Crippen LogP contribution in [0.1, 0.15) is 77.5 Å². The maximum absolute atomic E-state index is 2.55. The van der Waals surface area contributed by atoms with Gasteiger partial charge in [-0.25, -0.2) is 0 Å². The molecule has 1 fully saturated rings. The van der Waals surface area contributed by atoms with Crippen LogP contribution in [0.3, 0.4) is 0 Å². The van der Waals surface area contributed by atoms with Gasteiger partial charge in [0, 0.05) is 22.4 Å². The van der Waals surface area contributed by atoms with E-state index in [1.807, 2.05) is 0 Å². The summed E-state index contributed by atoms with van der Waals surface area (Å²) in [7, 11) is 0. The summed E-state index contributed by atoms with van der Waals surface area (Å²) < 4.78 is 0. The van der Waals surface area contributed by atoms with Crippen LogP contribution in [-0.2, 0) is 10.8 Å². The van der Waals surface area contributed by atoms with Gasteiger partial charge in [-0.05, 0) is 133 Å². The van der Waals surface area contributed by atoms with E-state index in [1.165, 1.54) is 110 Å². The van der Waals surface area contributed by atoms with E-state index in [9.17, 15) is 0 Å². The maximum Gasteiger partial charge on any atom is 0.0726 e. The molecule has 1 saturated carbocycles. The van der Waals surface area contributed by atoms with Crippen molar-refractivity contribution in [3.05, 3.63) is 245 Å². The standard InChI is InChI=1S/C61H47N/c1-3-18-41(19-4-1)42-32-34-43(35-33-42)62(58-31-14-9-23-49(58)50-25-17-30-56-59(50)51-24-8-10-26-52(51)60(56)38-15-2-16-39-60)44-36-37-48-47-22-7-13-29-55(47)61(57(48)40-44)53-27-11-5-20-45(53)46-21-6-12-28-54(46)61/h1,3-14,17-29,31-37,40,56H,2,15-16,30,38-39H2. The number of hydrogen-bond donors (Lipinski definition) is 0. The van der Waals surface area contributed by atoms with Crippen LogP contribution < -0.4 is 4.90 Å². The Bertz CT molecular complexity index is 3070. The minimum atomic E-state index is -0.427. The average molecular weight is 794 g/mol. The summed E-state index contributed by atoms with van der Waals surface area (Å²) in [6.07, 6.45) is 12.6. The molecule has 62 heavy (non-hydrogen) atoms. The van der Waals surface area contributed by atoms with Crippen molar-refractivity contribution in [3.8, 4) is 33.4 Å². The largest absolute Gasteiger partial charge is 0.310 e. The lowest BCUT2D eigenvalue weighted by Crippen LogP contribution is -2.34. The van der Waals surface area contributed by atoms with Gasteiger partial charge >= 0.3 is 0 Å². The second kappa shape index (κ2) is 13.8. The monoisotopic (exact) mass is 793 g/mol. The van der Waals surface area contributed by atoms with Crippen LogP contribution in [0.4, 0.5) is 17.1 Å². The normalized spacial score (nSPS) is 17.9. The molecule has 13 rings (SSSR count). The zero-order valence-corrected chi connectivity index (χ0v) is 34.9. The van der Waals surface area contributed by atoms with Crippen LogP contribution in [0, 0.1) is 5.92 Å². The Morgan fingerprint density at radius 3 is 1.58 bits per heavy atom. The lowest BCUT2D eigenvalue weighted by molar-refractivity contribution is 0.241. The first-order valence-corrected chi connectivity index (χ1v) is 22.8. The summed E-state index contributed by atoms with van der Waals surface area (Å²) in [5, 5.41) is 0. The zero-order valence-electron chi connectivity index (χ0n) is 34.9. The molecule has 5 aliphatic carbocycles. The summed E-state index contributed by atoms with van der Waals surface area (Å²) in [5.41, 5.74) is 23.8. The fourth-order valence-corrected chi connectivity index (χ4v) is 12.9. The number of rotatable bonds is 5. The number of anilines is 3. The van der Waals surface area contributed by atoms with Crippen LogP contribution in [-0.4, -0.2) is 0 Å².